The molecule has 0 aliphatic carbocycles. The fraction of sp³-hybridized carbons (Fsp3) is 0.385. The Kier molecular flexibility index (Phi) is 2.38. The van der Waals surface area contributed by atoms with Crippen molar-refractivity contribution in [1.29, 1.82) is 0 Å². The van der Waals surface area contributed by atoms with Gasteiger partial charge in [0.05, 0.1) is 30.8 Å². The molecule has 2 aromatic heterocycles. The molecule has 3 rings (SSSR count). The van der Waals surface area contributed by atoms with Gasteiger partial charge in [0.1, 0.15) is 5.65 Å². The molecular formula is C13H15N3O2. The van der Waals surface area contributed by atoms with Crippen molar-refractivity contribution in [3.63, 3.8) is 0 Å². The van der Waals surface area contributed by atoms with E-state index < -0.39 is 5.60 Å². The van der Waals surface area contributed by atoms with Crippen LogP contribution < -0.4 is 0 Å². The standard InChI is InChI=1S/C13H15N3O2/c1-13(18)8-16(9-13)12(17)6-10-7-15-5-3-2-4-11(15)14-10/h2-5,7,18H,6,8-9H2,1H3. The van der Waals surface area contributed by atoms with Crippen molar-refractivity contribution in [3.8, 4) is 0 Å². The molecule has 1 fully saturated rings. The largest absolute Gasteiger partial charge is 0.386 e. The van der Waals surface area contributed by atoms with E-state index in [0.29, 0.717) is 13.1 Å². The Labute approximate surface area is 105 Å². The van der Waals surface area contributed by atoms with Crippen LogP contribution in [0.1, 0.15) is 12.6 Å². The summed E-state index contributed by atoms with van der Waals surface area (Å²) in [6.07, 6.45) is 4.06. The maximum Gasteiger partial charge on any atom is 0.228 e. The Bertz CT molecular complexity index is 562. The summed E-state index contributed by atoms with van der Waals surface area (Å²) >= 11 is 0. The van der Waals surface area contributed by atoms with Crippen LogP contribution in [0, 0.1) is 0 Å². The predicted octanol–water partition coefficient (Wildman–Crippen LogP) is 0.470. The molecule has 0 spiro atoms. The minimum atomic E-state index is -0.714. The average Bonchev–Trinajstić information content (AvgIpc) is 2.67. The van der Waals surface area contributed by atoms with Crippen molar-refractivity contribution in [3.05, 3.63) is 36.3 Å². The van der Waals surface area contributed by atoms with E-state index in [2.05, 4.69) is 4.98 Å². The van der Waals surface area contributed by atoms with Gasteiger partial charge in [0, 0.05) is 12.4 Å². The van der Waals surface area contributed by atoms with Crippen molar-refractivity contribution in [2.24, 2.45) is 0 Å². The number of amides is 1. The molecule has 0 aromatic carbocycles. The highest BCUT2D eigenvalue weighted by Gasteiger charge is 2.39. The zero-order valence-electron chi connectivity index (χ0n) is 10.2. The summed E-state index contributed by atoms with van der Waals surface area (Å²) in [5, 5.41) is 9.60. The molecule has 0 unspecified atom stereocenters. The van der Waals surface area contributed by atoms with E-state index in [1.165, 1.54) is 0 Å². The zero-order valence-corrected chi connectivity index (χ0v) is 10.2. The lowest BCUT2D eigenvalue weighted by Gasteiger charge is -2.44. The molecule has 2 aromatic rings. The summed E-state index contributed by atoms with van der Waals surface area (Å²) in [5.74, 6) is 0.0185. The minimum absolute atomic E-state index is 0.0185. The molecule has 0 bridgehead atoms. The van der Waals surface area contributed by atoms with Crippen molar-refractivity contribution >= 4 is 11.6 Å². The molecule has 3 heterocycles. The van der Waals surface area contributed by atoms with Crippen LogP contribution in [0.4, 0.5) is 0 Å². The van der Waals surface area contributed by atoms with Gasteiger partial charge >= 0.3 is 0 Å². The topological polar surface area (TPSA) is 57.8 Å². The first-order chi connectivity index (χ1) is 8.53. The summed E-state index contributed by atoms with van der Waals surface area (Å²) in [6.45, 7) is 2.57. The Morgan fingerprint density at radius 1 is 1.50 bits per heavy atom. The van der Waals surface area contributed by atoms with Crippen LogP contribution in [-0.2, 0) is 11.2 Å². The third-order valence-electron chi connectivity index (χ3n) is 3.16. The first-order valence-corrected chi connectivity index (χ1v) is 5.96. The van der Waals surface area contributed by atoms with E-state index in [0.717, 1.165) is 11.3 Å². The molecule has 5 heteroatoms. The number of hydrogen-bond acceptors (Lipinski definition) is 3. The number of rotatable bonds is 2. The second-order valence-electron chi connectivity index (χ2n) is 5.12. The maximum atomic E-state index is 11.9. The Morgan fingerprint density at radius 2 is 2.28 bits per heavy atom. The van der Waals surface area contributed by atoms with Gasteiger partial charge in [-0.1, -0.05) is 6.07 Å². The normalized spacial score (nSPS) is 17.8. The summed E-state index contributed by atoms with van der Waals surface area (Å²) in [4.78, 5) is 18.0. The number of β-amino-alcohol motifs (C(OH)–C–C–N with tert-alkyl or cyclic N) is 1. The van der Waals surface area contributed by atoms with Crippen molar-refractivity contribution in [1.82, 2.24) is 14.3 Å². The lowest BCUT2D eigenvalue weighted by molar-refractivity contribution is -0.151. The number of fused-ring (bicyclic) bond motifs is 1. The second kappa shape index (κ2) is 3.81. The van der Waals surface area contributed by atoms with E-state index >= 15 is 0 Å². The summed E-state index contributed by atoms with van der Waals surface area (Å²) in [7, 11) is 0. The van der Waals surface area contributed by atoms with E-state index in [4.69, 9.17) is 0 Å². The fourth-order valence-corrected chi connectivity index (χ4v) is 2.29. The molecule has 1 amide bonds. The van der Waals surface area contributed by atoms with Gasteiger partial charge in [0.15, 0.2) is 0 Å². The second-order valence-corrected chi connectivity index (χ2v) is 5.12. The molecule has 5 nitrogen and oxygen atoms in total. The number of aromatic nitrogens is 2. The molecule has 0 atom stereocenters. The van der Waals surface area contributed by atoms with E-state index in [-0.39, 0.29) is 12.3 Å². The van der Waals surface area contributed by atoms with Crippen LogP contribution in [0.3, 0.4) is 0 Å². The van der Waals surface area contributed by atoms with Crippen LogP contribution in [0.2, 0.25) is 0 Å². The first-order valence-electron chi connectivity index (χ1n) is 5.96. The predicted molar refractivity (Wildman–Crippen MR) is 66.1 cm³/mol. The van der Waals surface area contributed by atoms with Crippen molar-refractivity contribution in [2.45, 2.75) is 18.9 Å². The van der Waals surface area contributed by atoms with Gasteiger partial charge in [0.25, 0.3) is 0 Å². The Morgan fingerprint density at radius 3 is 2.94 bits per heavy atom. The molecular weight excluding hydrogens is 230 g/mol. The number of likely N-dealkylation sites (tertiary alicyclic amines) is 1. The first kappa shape index (κ1) is 11.2. The summed E-state index contributed by atoms with van der Waals surface area (Å²) in [5.41, 5.74) is 0.892. The molecule has 18 heavy (non-hydrogen) atoms. The maximum absolute atomic E-state index is 11.9. The van der Waals surface area contributed by atoms with E-state index in [9.17, 15) is 9.90 Å². The van der Waals surface area contributed by atoms with Gasteiger partial charge in [-0.2, -0.15) is 0 Å². The molecule has 1 N–H and O–H groups in total. The van der Waals surface area contributed by atoms with Gasteiger partial charge in [-0.15, -0.1) is 0 Å². The van der Waals surface area contributed by atoms with Crippen LogP contribution >= 0.6 is 0 Å². The summed E-state index contributed by atoms with van der Waals surface area (Å²) < 4.78 is 1.90. The van der Waals surface area contributed by atoms with Gasteiger partial charge in [-0.3, -0.25) is 4.79 Å². The average molecular weight is 245 g/mol. The van der Waals surface area contributed by atoms with Crippen LogP contribution in [0.25, 0.3) is 5.65 Å². The van der Waals surface area contributed by atoms with Crippen LogP contribution in [0.5, 0.6) is 0 Å². The minimum Gasteiger partial charge on any atom is -0.386 e. The number of carbonyl (C=O) groups is 1. The Balaban J connectivity index is 1.71. The quantitative estimate of drug-likeness (QED) is 0.836. The van der Waals surface area contributed by atoms with Crippen LogP contribution in [-0.4, -0.2) is 44.0 Å². The third-order valence-corrected chi connectivity index (χ3v) is 3.16. The van der Waals surface area contributed by atoms with Gasteiger partial charge in [-0.05, 0) is 19.1 Å². The van der Waals surface area contributed by atoms with Gasteiger partial charge < -0.3 is 14.4 Å². The fourth-order valence-electron chi connectivity index (χ4n) is 2.29. The number of nitrogens with zero attached hydrogens (tertiary/aromatic N) is 3. The SMILES string of the molecule is CC1(O)CN(C(=O)Cc2cn3ccccc3n2)C1. The lowest BCUT2D eigenvalue weighted by Crippen LogP contribution is -2.62. The number of hydrogen-bond donors (Lipinski definition) is 1. The summed E-state index contributed by atoms with van der Waals surface area (Å²) in [6, 6.07) is 5.75. The monoisotopic (exact) mass is 245 g/mol. The zero-order chi connectivity index (χ0) is 12.8. The van der Waals surface area contributed by atoms with E-state index in [1.807, 2.05) is 35.0 Å². The van der Waals surface area contributed by atoms with Gasteiger partial charge in [0.2, 0.25) is 5.91 Å². The molecule has 1 saturated heterocycles. The lowest BCUT2D eigenvalue weighted by atomic mass is 9.96. The van der Waals surface area contributed by atoms with E-state index in [1.54, 1.807) is 11.8 Å². The van der Waals surface area contributed by atoms with Crippen LogP contribution in [0.15, 0.2) is 30.6 Å². The molecule has 0 radical (unpaired) electrons. The highest BCUT2D eigenvalue weighted by Crippen LogP contribution is 2.20. The smallest absolute Gasteiger partial charge is 0.228 e. The number of carbonyl (C=O) groups excluding carboxylic acids is 1. The third kappa shape index (κ3) is 1.97. The molecule has 0 saturated carbocycles. The number of pyridine rings is 1. The Hall–Kier alpha value is -1.88. The molecule has 1 aliphatic rings. The van der Waals surface area contributed by atoms with Gasteiger partial charge in [-0.25, -0.2) is 4.98 Å². The highest BCUT2D eigenvalue weighted by molar-refractivity contribution is 5.79. The molecule has 94 valence electrons. The molecule has 1 aliphatic heterocycles. The number of aliphatic hydroxyl groups is 1. The van der Waals surface area contributed by atoms with Crippen molar-refractivity contribution in [2.75, 3.05) is 13.1 Å². The highest BCUT2D eigenvalue weighted by atomic mass is 16.3. The van der Waals surface area contributed by atoms with Crippen molar-refractivity contribution < 1.29 is 9.90 Å². The number of imidazole rings is 1.